The van der Waals surface area contributed by atoms with Crippen molar-refractivity contribution >= 4 is 24.4 Å². The zero-order valence-electron chi connectivity index (χ0n) is 22.0. The molecule has 5 rings (SSSR count). The fourth-order valence-corrected chi connectivity index (χ4v) is 9.44. The molecule has 4 saturated carbocycles. The summed E-state index contributed by atoms with van der Waals surface area (Å²) in [5.41, 5.74) is 1.95. The van der Waals surface area contributed by atoms with E-state index in [4.69, 9.17) is 4.74 Å². The predicted octanol–water partition coefficient (Wildman–Crippen LogP) is 6.81. The van der Waals surface area contributed by atoms with Gasteiger partial charge in [0.25, 0.3) is 6.47 Å². The van der Waals surface area contributed by atoms with Gasteiger partial charge < -0.3 is 10.1 Å². The Kier molecular flexibility index (Phi) is 7.29. The van der Waals surface area contributed by atoms with Crippen LogP contribution in [0.25, 0.3) is 0 Å². The Balaban J connectivity index is 1.17. The van der Waals surface area contributed by atoms with E-state index >= 15 is 0 Å². The quantitative estimate of drug-likeness (QED) is 0.404. The number of amides is 1. The van der Waals surface area contributed by atoms with Gasteiger partial charge in [-0.15, -0.1) is 0 Å². The second-order valence-corrected chi connectivity index (χ2v) is 12.7. The second-order valence-electron chi connectivity index (χ2n) is 12.7. The summed E-state index contributed by atoms with van der Waals surface area (Å²) in [5, 5.41) is 2.93. The number of fused-ring (bicyclic) bond motifs is 5. The van der Waals surface area contributed by atoms with Crippen LogP contribution in [-0.4, -0.2) is 24.8 Å². The maximum atomic E-state index is 12.6. The lowest BCUT2D eigenvalue weighted by Crippen LogP contribution is -2.54. The topological polar surface area (TPSA) is 72.5 Å². The Labute approximate surface area is 216 Å². The van der Waals surface area contributed by atoms with Crippen LogP contribution in [0, 0.1) is 40.4 Å². The van der Waals surface area contributed by atoms with Gasteiger partial charge in [0.05, 0.1) is 5.69 Å². The Hall–Kier alpha value is -2.17. The van der Waals surface area contributed by atoms with Gasteiger partial charge >= 0.3 is 0 Å². The molecular weight excluding hydrogens is 450 g/mol. The fraction of sp³-hybridized carbons (Fsp3) is 0.710. The molecule has 8 atom stereocenters. The lowest BCUT2D eigenvalue weighted by molar-refractivity contribution is -0.150. The molecule has 1 aromatic carbocycles. The Morgan fingerprint density at radius 3 is 2.58 bits per heavy atom. The van der Waals surface area contributed by atoms with Crippen molar-refractivity contribution in [2.24, 2.45) is 40.4 Å². The van der Waals surface area contributed by atoms with Crippen LogP contribution < -0.4 is 5.32 Å². The minimum Gasteiger partial charge on any atom is -0.465 e. The summed E-state index contributed by atoms with van der Waals surface area (Å²) in [6.45, 7) is 5.77. The van der Waals surface area contributed by atoms with Crippen LogP contribution in [-0.2, 0) is 14.3 Å². The van der Waals surface area contributed by atoms with E-state index < -0.39 is 0 Å². The fourth-order valence-electron chi connectivity index (χ4n) is 9.44. The number of hydrogen-bond acceptors (Lipinski definition) is 4. The standard InChI is InChI=1S/C31H43NO4/c1-30-17-15-27-25(12-10-23-18-24(36-20-34)14-16-31(23,27)2)26(30)13-11-22(30)7-5-9-29(35)32-28-8-4-3-6-21(28)19-33/h3-4,6,8,19-20,22-27H,5,7,9-18H2,1-2H3,(H,32,35)/t22?,23?,24-,25?,26?,27?,30?,31?/m1/s1. The SMILES string of the molecule is CC12CCC3C(CCC4C[C@H](OC=O)CCC43C)C1CCC2CCCC(=O)Nc1ccccc1C=O. The molecule has 1 N–H and O–H groups in total. The molecule has 4 aliphatic rings. The third-order valence-electron chi connectivity index (χ3n) is 11.4. The molecule has 0 spiro atoms. The molecule has 0 aromatic heterocycles. The average molecular weight is 494 g/mol. The van der Waals surface area contributed by atoms with Crippen LogP contribution in [0.3, 0.4) is 0 Å². The number of anilines is 1. The first-order valence-electron chi connectivity index (χ1n) is 14.3. The highest BCUT2D eigenvalue weighted by atomic mass is 16.5. The van der Waals surface area contributed by atoms with Gasteiger partial charge in [-0.05, 0) is 123 Å². The summed E-state index contributed by atoms with van der Waals surface area (Å²) < 4.78 is 5.39. The van der Waals surface area contributed by atoms with Crippen molar-refractivity contribution in [2.75, 3.05) is 5.32 Å². The van der Waals surface area contributed by atoms with Crippen LogP contribution in [0.5, 0.6) is 0 Å². The highest BCUT2D eigenvalue weighted by Crippen LogP contribution is 2.68. The molecule has 0 saturated heterocycles. The first-order valence-corrected chi connectivity index (χ1v) is 14.3. The molecule has 4 fully saturated rings. The van der Waals surface area contributed by atoms with Gasteiger partial charge in [-0.2, -0.15) is 0 Å². The molecule has 196 valence electrons. The van der Waals surface area contributed by atoms with E-state index in [1.165, 1.54) is 44.9 Å². The summed E-state index contributed by atoms with van der Waals surface area (Å²) in [6, 6.07) is 7.18. The predicted molar refractivity (Wildman–Crippen MR) is 140 cm³/mol. The second kappa shape index (κ2) is 10.3. The van der Waals surface area contributed by atoms with Gasteiger partial charge in [-0.25, -0.2) is 0 Å². The molecular formula is C31H43NO4. The molecule has 5 nitrogen and oxygen atoms in total. The number of aldehydes is 1. The third-order valence-corrected chi connectivity index (χ3v) is 11.4. The number of benzene rings is 1. The molecule has 0 bridgehead atoms. The summed E-state index contributed by atoms with van der Waals surface area (Å²) in [4.78, 5) is 34.7. The van der Waals surface area contributed by atoms with E-state index in [1.807, 2.05) is 12.1 Å². The largest absolute Gasteiger partial charge is 0.465 e. The smallest absolute Gasteiger partial charge is 0.293 e. The molecule has 5 heteroatoms. The molecule has 0 heterocycles. The van der Waals surface area contributed by atoms with E-state index in [9.17, 15) is 14.4 Å². The van der Waals surface area contributed by atoms with Crippen LogP contribution in [0.1, 0.15) is 101 Å². The monoisotopic (exact) mass is 493 g/mol. The zero-order chi connectivity index (χ0) is 25.3. The van der Waals surface area contributed by atoms with Crippen molar-refractivity contribution in [1.82, 2.24) is 0 Å². The van der Waals surface area contributed by atoms with Crippen LogP contribution in [0.2, 0.25) is 0 Å². The Morgan fingerprint density at radius 2 is 1.78 bits per heavy atom. The molecule has 4 aliphatic carbocycles. The average Bonchev–Trinajstić information content (AvgIpc) is 3.21. The minimum atomic E-state index is 0.00752. The van der Waals surface area contributed by atoms with Crippen molar-refractivity contribution in [3.63, 3.8) is 0 Å². The highest BCUT2D eigenvalue weighted by Gasteiger charge is 2.60. The van der Waals surface area contributed by atoms with Crippen molar-refractivity contribution in [3.8, 4) is 0 Å². The summed E-state index contributed by atoms with van der Waals surface area (Å²) in [5.74, 6) is 3.88. The number of ether oxygens (including phenoxy) is 1. The van der Waals surface area contributed by atoms with E-state index in [0.717, 1.165) is 49.7 Å². The lowest BCUT2D eigenvalue weighted by Gasteiger charge is -2.61. The molecule has 1 aromatic rings. The van der Waals surface area contributed by atoms with Crippen LogP contribution in [0.15, 0.2) is 24.3 Å². The van der Waals surface area contributed by atoms with Gasteiger partial charge in [-0.1, -0.05) is 26.0 Å². The maximum absolute atomic E-state index is 12.6. The van der Waals surface area contributed by atoms with Crippen molar-refractivity contribution < 1.29 is 19.1 Å². The van der Waals surface area contributed by atoms with Gasteiger partial charge in [0.2, 0.25) is 5.91 Å². The minimum absolute atomic E-state index is 0.00752. The maximum Gasteiger partial charge on any atom is 0.293 e. The first-order chi connectivity index (χ1) is 17.4. The van der Waals surface area contributed by atoms with Crippen molar-refractivity contribution in [2.45, 2.75) is 97.0 Å². The van der Waals surface area contributed by atoms with Gasteiger partial charge in [0.15, 0.2) is 6.29 Å². The first kappa shape index (κ1) is 25.5. The van der Waals surface area contributed by atoms with Gasteiger partial charge in [0, 0.05) is 12.0 Å². The van der Waals surface area contributed by atoms with E-state index in [1.54, 1.807) is 12.1 Å². The highest BCUT2D eigenvalue weighted by molar-refractivity contribution is 5.96. The van der Waals surface area contributed by atoms with Crippen LogP contribution >= 0.6 is 0 Å². The molecule has 36 heavy (non-hydrogen) atoms. The number of nitrogens with one attached hydrogen (secondary N) is 1. The van der Waals surface area contributed by atoms with Crippen molar-refractivity contribution in [1.29, 1.82) is 0 Å². The van der Waals surface area contributed by atoms with Crippen LogP contribution in [0.4, 0.5) is 5.69 Å². The zero-order valence-corrected chi connectivity index (χ0v) is 22.0. The summed E-state index contributed by atoms with van der Waals surface area (Å²) in [6.07, 6.45) is 14.7. The molecule has 0 aliphatic heterocycles. The number of rotatable bonds is 8. The number of para-hydroxylation sites is 1. The molecule has 0 radical (unpaired) electrons. The molecule has 1 amide bonds. The van der Waals surface area contributed by atoms with Gasteiger partial charge in [-0.3, -0.25) is 14.4 Å². The summed E-state index contributed by atoms with van der Waals surface area (Å²) in [7, 11) is 0. The summed E-state index contributed by atoms with van der Waals surface area (Å²) >= 11 is 0. The Morgan fingerprint density at radius 1 is 1.00 bits per heavy atom. The lowest BCUT2D eigenvalue weighted by atomic mass is 9.44. The Bertz CT molecular complexity index is 977. The molecule has 7 unspecified atom stereocenters. The van der Waals surface area contributed by atoms with E-state index in [0.29, 0.717) is 46.8 Å². The number of carbonyl (C=O) groups is 3. The third kappa shape index (κ3) is 4.52. The van der Waals surface area contributed by atoms with E-state index in [2.05, 4.69) is 19.2 Å². The van der Waals surface area contributed by atoms with E-state index in [-0.39, 0.29) is 12.0 Å². The van der Waals surface area contributed by atoms with Crippen molar-refractivity contribution in [3.05, 3.63) is 29.8 Å². The normalized spacial score (nSPS) is 39.3. The number of carbonyl (C=O) groups excluding carboxylic acids is 3. The number of hydrogen-bond donors (Lipinski definition) is 1. The van der Waals surface area contributed by atoms with Gasteiger partial charge in [0.1, 0.15) is 6.10 Å².